The number of hydrogen-bond donors (Lipinski definition) is 7. The lowest BCUT2D eigenvalue weighted by Gasteiger charge is -2.47. The lowest BCUT2D eigenvalue weighted by molar-refractivity contribution is -0.369. The van der Waals surface area contributed by atoms with E-state index in [1.807, 2.05) is 55.5 Å². The number of aliphatic hydroxyl groups is 6. The van der Waals surface area contributed by atoms with Crippen LogP contribution in [0.25, 0.3) is 0 Å². The lowest BCUT2D eigenvalue weighted by atomic mass is 9.88. The van der Waals surface area contributed by atoms with Gasteiger partial charge < -0.3 is 45.4 Å². The van der Waals surface area contributed by atoms with Gasteiger partial charge in [0.1, 0.15) is 24.4 Å². The Morgan fingerprint density at radius 3 is 2.60 bits per heavy atom. The van der Waals surface area contributed by atoms with Crippen LogP contribution in [0.3, 0.4) is 0 Å². The number of aliphatic hydroxyl groups excluding tert-OH is 6. The Kier molecular flexibility index (Phi) is 13.6. The molecule has 0 spiro atoms. The number of allylic oxidation sites excluding steroid dienone is 2. The maximum absolute atomic E-state index is 11.7. The number of rotatable bonds is 15. The van der Waals surface area contributed by atoms with Gasteiger partial charge in [-0.3, -0.25) is 4.79 Å². The molecular formula is C32H49NO9. The van der Waals surface area contributed by atoms with E-state index < -0.39 is 55.1 Å². The zero-order valence-electron chi connectivity index (χ0n) is 24.7. The van der Waals surface area contributed by atoms with Crippen molar-refractivity contribution >= 4 is 5.91 Å². The summed E-state index contributed by atoms with van der Waals surface area (Å²) < 4.78 is 12.0. The SMILES string of the molecule is CCNC(=O)CCC/C=C\C[C@@H]1[C@@H](/C=C/[C@@H](O)CCc2ccccc2)[C@H](O)C[C@@H]1O[C@@]1(C)OC(CO)[C@@H](O)[C@@H](O)C1O. The van der Waals surface area contributed by atoms with Crippen molar-refractivity contribution in [3.8, 4) is 0 Å². The van der Waals surface area contributed by atoms with Gasteiger partial charge in [-0.25, -0.2) is 0 Å². The van der Waals surface area contributed by atoms with Crippen LogP contribution in [0.1, 0.15) is 57.9 Å². The summed E-state index contributed by atoms with van der Waals surface area (Å²) in [7, 11) is 0. The molecule has 1 saturated carbocycles. The fourth-order valence-corrected chi connectivity index (χ4v) is 5.87. The number of unbranched alkanes of at least 4 members (excludes halogenated alkanes) is 1. The quantitative estimate of drug-likeness (QED) is 0.118. The Balaban J connectivity index is 1.70. The molecule has 2 fully saturated rings. The predicted octanol–water partition coefficient (Wildman–Crippen LogP) is 1.36. The maximum atomic E-state index is 11.7. The standard InChI is InChI=1S/C32H49NO9/c1-3-33-28(37)14-10-5-4-9-13-24-23(18-17-22(35)16-15-21-11-7-6-8-12-21)25(36)19-26(24)41-32(2)31(40)30(39)29(38)27(20-34)42-32/h4,6-9,11-12,17-18,22-27,29-31,34-36,38-40H,3,5,10,13-16,19-20H2,1-2H3,(H,33,37)/b9-4-,18-17+/t22-,23+,24+,25+,26-,27?,29+,30+,31?,32-/m0/s1. The number of benzene rings is 1. The predicted molar refractivity (Wildman–Crippen MR) is 157 cm³/mol. The van der Waals surface area contributed by atoms with Crippen LogP contribution in [0.2, 0.25) is 0 Å². The third-order valence-corrected chi connectivity index (χ3v) is 8.28. The minimum Gasteiger partial charge on any atom is -0.394 e. The Labute approximate surface area is 248 Å². The molecule has 0 bridgehead atoms. The zero-order chi connectivity index (χ0) is 30.7. The van der Waals surface area contributed by atoms with Gasteiger partial charge in [0.25, 0.3) is 0 Å². The highest BCUT2D eigenvalue weighted by Crippen LogP contribution is 2.42. The summed E-state index contributed by atoms with van der Waals surface area (Å²) in [6.45, 7) is 3.35. The fraction of sp³-hybridized carbons (Fsp3) is 0.656. The Morgan fingerprint density at radius 1 is 1.17 bits per heavy atom. The molecule has 1 aromatic rings. The molecule has 10 atom stereocenters. The summed E-state index contributed by atoms with van der Waals surface area (Å²) in [6.07, 6.45) is 3.41. The number of aryl methyl sites for hydroxylation is 1. The van der Waals surface area contributed by atoms with Crippen molar-refractivity contribution < 1.29 is 44.9 Å². The van der Waals surface area contributed by atoms with Crippen LogP contribution in [-0.4, -0.2) is 98.2 Å². The van der Waals surface area contributed by atoms with Gasteiger partial charge in [-0.05, 0) is 57.4 Å². The summed E-state index contributed by atoms with van der Waals surface area (Å²) in [5.41, 5.74) is 1.13. The van der Waals surface area contributed by atoms with Crippen molar-refractivity contribution in [1.29, 1.82) is 0 Å². The van der Waals surface area contributed by atoms with Crippen LogP contribution in [0.15, 0.2) is 54.6 Å². The Bertz CT molecular complexity index is 1000. The Morgan fingerprint density at radius 2 is 1.90 bits per heavy atom. The van der Waals surface area contributed by atoms with Gasteiger partial charge in [-0.2, -0.15) is 0 Å². The van der Waals surface area contributed by atoms with E-state index in [-0.39, 0.29) is 24.2 Å². The summed E-state index contributed by atoms with van der Waals surface area (Å²) in [5, 5.41) is 65.4. The average molecular weight is 592 g/mol. The first kappa shape index (κ1) is 34.3. The molecule has 1 heterocycles. The molecule has 42 heavy (non-hydrogen) atoms. The van der Waals surface area contributed by atoms with E-state index in [4.69, 9.17) is 9.47 Å². The number of ether oxygens (including phenoxy) is 2. The zero-order valence-corrected chi connectivity index (χ0v) is 24.7. The van der Waals surface area contributed by atoms with E-state index in [1.165, 1.54) is 6.92 Å². The van der Waals surface area contributed by atoms with Crippen LogP contribution in [0.4, 0.5) is 0 Å². The molecule has 10 nitrogen and oxygen atoms in total. The van der Waals surface area contributed by atoms with Crippen LogP contribution in [0.5, 0.6) is 0 Å². The van der Waals surface area contributed by atoms with Crippen molar-refractivity contribution in [2.45, 2.75) is 107 Å². The first-order chi connectivity index (χ1) is 20.1. The van der Waals surface area contributed by atoms with Gasteiger partial charge in [-0.1, -0.05) is 54.6 Å². The molecule has 10 heteroatoms. The molecular weight excluding hydrogens is 542 g/mol. The number of hydrogen-bond acceptors (Lipinski definition) is 9. The normalized spacial score (nSPS) is 34.3. The van der Waals surface area contributed by atoms with Gasteiger partial charge in [0.15, 0.2) is 5.79 Å². The highest BCUT2D eigenvalue weighted by atomic mass is 16.7. The van der Waals surface area contributed by atoms with Crippen molar-refractivity contribution in [3.05, 3.63) is 60.2 Å². The van der Waals surface area contributed by atoms with E-state index in [2.05, 4.69) is 5.32 Å². The molecule has 1 amide bonds. The number of nitrogens with one attached hydrogen (secondary N) is 1. The summed E-state index contributed by atoms with van der Waals surface area (Å²) >= 11 is 0. The topological polar surface area (TPSA) is 169 Å². The van der Waals surface area contributed by atoms with Crippen molar-refractivity contribution in [1.82, 2.24) is 5.32 Å². The molecule has 0 aromatic heterocycles. The van der Waals surface area contributed by atoms with Crippen LogP contribution in [-0.2, 0) is 20.7 Å². The number of amides is 1. The highest BCUT2D eigenvalue weighted by Gasteiger charge is 2.54. The lowest BCUT2D eigenvalue weighted by Crippen LogP contribution is -2.65. The second-order valence-corrected chi connectivity index (χ2v) is 11.5. The minimum atomic E-state index is -1.74. The second-order valence-electron chi connectivity index (χ2n) is 11.5. The third-order valence-electron chi connectivity index (χ3n) is 8.28. The summed E-state index contributed by atoms with van der Waals surface area (Å²) in [4.78, 5) is 11.7. The summed E-state index contributed by atoms with van der Waals surface area (Å²) in [6, 6.07) is 9.89. The molecule has 7 N–H and O–H groups in total. The molecule has 1 aliphatic heterocycles. The van der Waals surface area contributed by atoms with Crippen LogP contribution in [0, 0.1) is 11.8 Å². The van der Waals surface area contributed by atoms with Crippen molar-refractivity contribution in [2.24, 2.45) is 11.8 Å². The molecule has 3 rings (SSSR count). The molecule has 1 saturated heterocycles. The first-order valence-corrected chi connectivity index (χ1v) is 15.1. The fourth-order valence-electron chi connectivity index (χ4n) is 5.87. The molecule has 236 valence electrons. The van der Waals surface area contributed by atoms with E-state index in [1.54, 1.807) is 6.08 Å². The van der Waals surface area contributed by atoms with E-state index in [0.717, 1.165) is 5.56 Å². The minimum absolute atomic E-state index is 0.0158. The Hall–Kier alpha value is -2.15. The monoisotopic (exact) mass is 591 g/mol. The molecule has 0 radical (unpaired) electrons. The second kappa shape index (κ2) is 16.6. The number of carbonyl (C=O) groups excluding carboxylic acids is 1. The number of carbonyl (C=O) groups is 1. The van der Waals surface area contributed by atoms with Crippen molar-refractivity contribution in [2.75, 3.05) is 13.2 Å². The smallest absolute Gasteiger partial charge is 0.219 e. The largest absolute Gasteiger partial charge is 0.394 e. The van der Waals surface area contributed by atoms with Crippen molar-refractivity contribution in [3.63, 3.8) is 0 Å². The molecule has 2 unspecified atom stereocenters. The van der Waals surface area contributed by atoms with Gasteiger partial charge in [-0.15, -0.1) is 0 Å². The average Bonchev–Trinajstić information content (AvgIpc) is 3.26. The highest BCUT2D eigenvalue weighted by molar-refractivity contribution is 5.75. The summed E-state index contributed by atoms with van der Waals surface area (Å²) in [5.74, 6) is -2.35. The van der Waals surface area contributed by atoms with Crippen LogP contribution >= 0.6 is 0 Å². The van der Waals surface area contributed by atoms with Gasteiger partial charge in [0.2, 0.25) is 5.91 Å². The van der Waals surface area contributed by atoms with E-state index in [0.29, 0.717) is 45.1 Å². The maximum Gasteiger partial charge on any atom is 0.219 e. The molecule has 2 aliphatic rings. The first-order valence-electron chi connectivity index (χ1n) is 15.1. The van der Waals surface area contributed by atoms with Gasteiger partial charge in [0, 0.05) is 25.3 Å². The van der Waals surface area contributed by atoms with Crippen LogP contribution < -0.4 is 5.32 Å². The molecule has 1 aliphatic carbocycles. The van der Waals surface area contributed by atoms with Gasteiger partial charge in [0.05, 0.1) is 24.9 Å². The van der Waals surface area contributed by atoms with E-state index in [9.17, 15) is 35.4 Å². The van der Waals surface area contributed by atoms with Gasteiger partial charge >= 0.3 is 0 Å². The molecule has 1 aromatic carbocycles. The third kappa shape index (κ3) is 9.42. The van der Waals surface area contributed by atoms with E-state index >= 15 is 0 Å².